The molecule has 2 bridgehead atoms. The maximum Gasteiger partial charge on any atom is 0.336 e. The van der Waals surface area contributed by atoms with E-state index in [9.17, 15) is 9.59 Å². The number of ether oxygens (including phenoxy) is 2. The SMILES string of the molecule is COC(=O)C1=C(C(=O)OC)C2c3sccc3C1N2C(C)(C)C. The van der Waals surface area contributed by atoms with Gasteiger partial charge >= 0.3 is 11.9 Å². The summed E-state index contributed by atoms with van der Waals surface area (Å²) in [6.45, 7) is 6.25. The minimum absolute atomic E-state index is 0.205. The summed E-state index contributed by atoms with van der Waals surface area (Å²) >= 11 is 1.61. The number of rotatable bonds is 2. The van der Waals surface area contributed by atoms with E-state index in [0.717, 1.165) is 10.4 Å². The van der Waals surface area contributed by atoms with Crippen molar-refractivity contribution in [1.82, 2.24) is 4.90 Å². The van der Waals surface area contributed by atoms with Gasteiger partial charge in [0, 0.05) is 10.4 Å². The van der Waals surface area contributed by atoms with Gasteiger partial charge in [-0.3, -0.25) is 4.90 Å². The molecule has 3 heterocycles. The highest BCUT2D eigenvalue weighted by Gasteiger charge is 2.57. The van der Waals surface area contributed by atoms with Gasteiger partial charge in [-0.25, -0.2) is 9.59 Å². The van der Waals surface area contributed by atoms with Crippen LogP contribution in [0.1, 0.15) is 43.3 Å². The molecule has 0 spiro atoms. The molecule has 6 heteroatoms. The van der Waals surface area contributed by atoms with Gasteiger partial charge in [-0.2, -0.15) is 0 Å². The lowest BCUT2D eigenvalue weighted by Crippen LogP contribution is -2.40. The van der Waals surface area contributed by atoms with Crippen molar-refractivity contribution in [2.45, 2.75) is 38.4 Å². The second-order valence-corrected chi connectivity index (χ2v) is 7.38. The summed E-state index contributed by atoms with van der Waals surface area (Å²) in [4.78, 5) is 28.0. The average molecular weight is 321 g/mol. The number of hydrogen-bond acceptors (Lipinski definition) is 6. The molecule has 0 aromatic carbocycles. The highest BCUT2D eigenvalue weighted by atomic mass is 32.1. The molecule has 3 rings (SSSR count). The number of carbonyl (C=O) groups is 2. The van der Waals surface area contributed by atoms with Gasteiger partial charge in [-0.15, -0.1) is 11.3 Å². The lowest BCUT2D eigenvalue weighted by atomic mass is 9.91. The predicted octanol–water partition coefficient (Wildman–Crippen LogP) is 2.60. The Labute approximate surface area is 133 Å². The van der Waals surface area contributed by atoms with Crippen molar-refractivity contribution >= 4 is 23.3 Å². The van der Waals surface area contributed by atoms with E-state index >= 15 is 0 Å². The zero-order valence-electron chi connectivity index (χ0n) is 13.3. The fraction of sp³-hybridized carbons (Fsp3) is 0.500. The van der Waals surface area contributed by atoms with Crippen LogP contribution in [0.4, 0.5) is 0 Å². The number of nitrogens with zero attached hydrogens (tertiary/aromatic N) is 1. The van der Waals surface area contributed by atoms with Crippen LogP contribution in [0, 0.1) is 0 Å². The molecular weight excluding hydrogens is 302 g/mol. The Kier molecular flexibility index (Phi) is 3.41. The lowest BCUT2D eigenvalue weighted by molar-refractivity contribution is -0.139. The number of methoxy groups -OCH3 is 2. The van der Waals surface area contributed by atoms with Crippen molar-refractivity contribution in [3.8, 4) is 0 Å². The fourth-order valence-electron chi connectivity index (χ4n) is 3.50. The van der Waals surface area contributed by atoms with Gasteiger partial charge in [0.05, 0.1) is 37.4 Å². The Morgan fingerprint density at radius 1 is 1.09 bits per heavy atom. The Morgan fingerprint density at radius 3 is 2.14 bits per heavy atom. The van der Waals surface area contributed by atoms with E-state index < -0.39 is 11.9 Å². The van der Waals surface area contributed by atoms with E-state index in [4.69, 9.17) is 9.47 Å². The summed E-state index contributed by atoms with van der Waals surface area (Å²) in [7, 11) is 2.68. The minimum atomic E-state index is -0.459. The number of thiophene rings is 1. The normalized spacial score (nSPS) is 23.7. The van der Waals surface area contributed by atoms with Crippen molar-refractivity contribution in [3.63, 3.8) is 0 Å². The molecule has 1 aromatic heterocycles. The molecule has 5 nitrogen and oxygen atoms in total. The van der Waals surface area contributed by atoms with E-state index in [1.54, 1.807) is 11.3 Å². The third-order valence-corrected chi connectivity index (χ3v) is 5.23. The van der Waals surface area contributed by atoms with Crippen LogP contribution in [0.2, 0.25) is 0 Å². The third kappa shape index (κ3) is 1.87. The molecule has 0 radical (unpaired) electrons. The van der Waals surface area contributed by atoms with E-state index in [0.29, 0.717) is 11.1 Å². The first kappa shape index (κ1) is 15.2. The monoisotopic (exact) mass is 321 g/mol. The molecule has 0 fully saturated rings. The lowest BCUT2D eigenvalue weighted by Gasteiger charge is -2.37. The van der Waals surface area contributed by atoms with Gasteiger partial charge in [0.2, 0.25) is 0 Å². The topological polar surface area (TPSA) is 55.8 Å². The van der Waals surface area contributed by atoms with Crippen LogP contribution in [0.25, 0.3) is 0 Å². The largest absolute Gasteiger partial charge is 0.466 e. The summed E-state index contributed by atoms with van der Waals surface area (Å²) in [5.41, 5.74) is 1.73. The average Bonchev–Trinajstić information content (AvgIpc) is 3.12. The fourth-order valence-corrected chi connectivity index (χ4v) is 4.54. The first-order valence-corrected chi connectivity index (χ1v) is 7.97. The molecule has 118 valence electrons. The highest BCUT2D eigenvalue weighted by molar-refractivity contribution is 7.10. The molecule has 0 N–H and O–H groups in total. The van der Waals surface area contributed by atoms with Crippen LogP contribution in [0.3, 0.4) is 0 Å². The van der Waals surface area contributed by atoms with Crippen molar-refractivity contribution in [1.29, 1.82) is 0 Å². The van der Waals surface area contributed by atoms with Crippen LogP contribution in [-0.4, -0.2) is 36.6 Å². The summed E-state index contributed by atoms with van der Waals surface area (Å²) < 4.78 is 9.87. The number of hydrogen-bond donors (Lipinski definition) is 0. The first-order chi connectivity index (χ1) is 10.3. The van der Waals surface area contributed by atoms with Gasteiger partial charge < -0.3 is 9.47 Å². The molecule has 2 atom stereocenters. The Bertz CT molecular complexity index is 634. The standard InChI is InChI=1S/C16H19NO4S/c1-16(2,3)17-11-8-6-7-22-13(8)12(17)10(15(19)21-5)9(11)14(18)20-4/h6-7,11-12H,1-5H3. The zero-order valence-corrected chi connectivity index (χ0v) is 14.1. The maximum absolute atomic E-state index is 12.3. The van der Waals surface area contributed by atoms with Gasteiger partial charge in [-0.05, 0) is 37.8 Å². The summed E-state index contributed by atoms with van der Waals surface area (Å²) in [6, 6.07) is 1.55. The maximum atomic E-state index is 12.3. The highest BCUT2D eigenvalue weighted by Crippen LogP contribution is 2.60. The van der Waals surface area contributed by atoms with E-state index in [1.165, 1.54) is 14.2 Å². The van der Waals surface area contributed by atoms with Crippen LogP contribution >= 0.6 is 11.3 Å². The molecule has 1 aromatic rings. The molecule has 0 aliphatic carbocycles. The molecule has 22 heavy (non-hydrogen) atoms. The zero-order chi connectivity index (χ0) is 16.2. The predicted molar refractivity (Wildman–Crippen MR) is 82.5 cm³/mol. The summed E-state index contributed by atoms with van der Waals surface area (Å²) in [6.07, 6.45) is 0. The molecule has 2 aliphatic heterocycles. The third-order valence-electron chi connectivity index (χ3n) is 4.25. The van der Waals surface area contributed by atoms with Crippen molar-refractivity contribution < 1.29 is 19.1 Å². The van der Waals surface area contributed by atoms with Crippen LogP contribution in [0.15, 0.2) is 22.6 Å². The molecule has 0 saturated heterocycles. The van der Waals surface area contributed by atoms with Gasteiger partial charge in [0.1, 0.15) is 0 Å². The van der Waals surface area contributed by atoms with Crippen molar-refractivity contribution in [2.75, 3.05) is 14.2 Å². The molecule has 2 unspecified atom stereocenters. The van der Waals surface area contributed by atoms with Crippen LogP contribution in [0.5, 0.6) is 0 Å². The molecule has 2 aliphatic rings. The van der Waals surface area contributed by atoms with Gasteiger partial charge in [0.15, 0.2) is 0 Å². The van der Waals surface area contributed by atoms with Gasteiger partial charge in [-0.1, -0.05) is 0 Å². The number of fused-ring (bicyclic) bond motifs is 5. The Balaban J connectivity index is 2.23. The number of carbonyl (C=O) groups excluding carboxylic acids is 2. The summed E-state index contributed by atoms with van der Waals surface area (Å²) in [5, 5.41) is 2.00. The molecular formula is C16H19NO4S. The number of esters is 2. The van der Waals surface area contributed by atoms with Crippen LogP contribution < -0.4 is 0 Å². The first-order valence-electron chi connectivity index (χ1n) is 7.09. The van der Waals surface area contributed by atoms with E-state index in [-0.39, 0.29) is 17.6 Å². The van der Waals surface area contributed by atoms with Crippen molar-refractivity contribution in [3.05, 3.63) is 33.0 Å². The minimum Gasteiger partial charge on any atom is -0.466 e. The van der Waals surface area contributed by atoms with Crippen molar-refractivity contribution in [2.24, 2.45) is 0 Å². The van der Waals surface area contributed by atoms with E-state index in [1.807, 2.05) is 11.4 Å². The summed E-state index contributed by atoms with van der Waals surface area (Å²) in [5.74, 6) is -0.916. The quantitative estimate of drug-likeness (QED) is 0.784. The Morgan fingerprint density at radius 2 is 1.64 bits per heavy atom. The molecule has 0 amide bonds. The molecule has 0 saturated carbocycles. The second-order valence-electron chi connectivity index (χ2n) is 6.43. The Hall–Kier alpha value is -1.66. The smallest absolute Gasteiger partial charge is 0.336 e. The second kappa shape index (κ2) is 4.93. The van der Waals surface area contributed by atoms with E-state index in [2.05, 4.69) is 25.7 Å². The van der Waals surface area contributed by atoms with Gasteiger partial charge in [0.25, 0.3) is 0 Å². The van der Waals surface area contributed by atoms with Crippen LogP contribution in [-0.2, 0) is 19.1 Å².